The zero-order chi connectivity index (χ0) is 18.8. The molecule has 1 aliphatic heterocycles. The second kappa shape index (κ2) is 7.24. The number of amides is 2. The highest BCUT2D eigenvalue weighted by atomic mass is 32.1. The van der Waals surface area contributed by atoms with E-state index in [-0.39, 0.29) is 18.4 Å². The molecule has 8 heteroatoms. The van der Waals surface area contributed by atoms with Crippen molar-refractivity contribution in [1.29, 1.82) is 0 Å². The minimum absolute atomic E-state index is 0.0329. The lowest BCUT2D eigenvalue weighted by atomic mass is 9.87. The largest absolute Gasteiger partial charge is 0.484 e. The lowest BCUT2D eigenvalue weighted by molar-refractivity contribution is -0.120. The highest BCUT2D eigenvalue weighted by Crippen LogP contribution is 2.37. The van der Waals surface area contributed by atoms with Gasteiger partial charge in [-0.3, -0.25) is 9.59 Å². The highest BCUT2D eigenvalue weighted by Gasteiger charge is 2.30. The van der Waals surface area contributed by atoms with Crippen molar-refractivity contribution in [3.8, 4) is 5.75 Å². The maximum atomic E-state index is 12.3. The molecule has 0 bridgehead atoms. The van der Waals surface area contributed by atoms with Crippen molar-refractivity contribution in [2.75, 3.05) is 11.9 Å². The number of ether oxygens (including phenoxy) is 1. The first-order chi connectivity index (χ1) is 13.1. The quantitative estimate of drug-likeness (QED) is 0.683. The molecule has 1 atom stereocenters. The van der Waals surface area contributed by atoms with E-state index < -0.39 is 5.91 Å². The van der Waals surface area contributed by atoms with E-state index in [1.165, 1.54) is 4.88 Å². The Morgan fingerprint density at radius 1 is 1.33 bits per heavy atom. The van der Waals surface area contributed by atoms with Crippen molar-refractivity contribution >= 4 is 29.0 Å². The van der Waals surface area contributed by atoms with E-state index in [9.17, 15) is 9.59 Å². The monoisotopic (exact) mass is 382 g/mol. The van der Waals surface area contributed by atoms with Crippen LogP contribution < -0.4 is 15.8 Å². The molecule has 4 rings (SSSR count). The number of primary amides is 1. The number of benzene rings is 1. The Morgan fingerprint density at radius 2 is 2.15 bits per heavy atom. The van der Waals surface area contributed by atoms with Crippen LogP contribution in [-0.2, 0) is 16.1 Å². The summed E-state index contributed by atoms with van der Waals surface area (Å²) in [7, 11) is 0. The van der Waals surface area contributed by atoms with Gasteiger partial charge in [0.05, 0.1) is 12.7 Å². The van der Waals surface area contributed by atoms with Gasteiger partial charge in [-0.05, 0) is 29.1 Å². The molecule has 3 N–H and O–H groups in total. The van der Waals surface area contributed by atoms with Gasteiger partial charge in [0, 0.05) is 22.8 Å². The van der Waals surface area contributed by atoms with E-state index in [0.29, 0.717) is 18.7 Å². The summed E-state index contributed by atoms with van der Waals surface area (Å²) in [6.07, 6.45) is 2.18. The number of anilines is 1. The fourth-order valence-electron chi connectivity index (χ4n) is 3.19. The van der Waals surface area contributed by atoms with Gasteiger partial charge in [-0.1, -0.05) is 18.2 Å². The number of nitrogens with two attached hydrogens (primary N) is 1. The topological polar surface area (TPSA) is 99.2 Å². The maximum Gasteiger partial charge on any atom is 0.255 e. The summed E-state index contributed by atoms with van der Waals surface area (Å²) in [6, 6.07) is 11.4. The number of nitrogens with zero attached hydrogens (tertiary/aromatic N) is 2. The van der Waals surface area contributed by atoms with Crippen LogP contribution >= 0.6 is 11.3 Å². The number of carbonyl (C=O) groups is 2. The normalized spacial score (nSPS) is 15.9. The van der Waals surface area contributed by atoms with E-state index in [2.05, 4.69) is 10.4 Å². The molecule has 7 nitrogen and oxygen atoms in total. The van der Waals surface area contributed by atoms with E-state index in [1.54, 1.807) is 23.5 Å². The van der Waals surface area contributed by atoms with Crippen molar-refractivity contribution in [2.45, 2.75) is 18.9 Å². The predicted octanol–water partition coefficient (Wildman–Crippen LogP) is 2.33. The van der Waals surface area contributed by atoms with Crippen molar-refractivity contribution in [2.24, 2.45) is 5.73 Å². The van der Waals surface area contributed by atoms with E-state index in [4.69, 9.17) is 10.5 Å². The Bertz CT molecular complexity index is 964. The third-order valence-electron chi connectivity index (χ3n) is 4.44. The molecule has 1 aliphatic rings. The second-order valence-corrected chi connectivity index (χ2v) is 7.35. The summed E-state index contributed by atoms with van der Waals surface area (Å²) in [5.74, 6) is 0.682. The van der Waals surface area contributed by atoms with Crippen molar-refractivity contribution in [3.63, 3.8) is 0 Å². The number of fused-ring (bicyclic) bond motifs is 1. The Kier molecular flexibility index (Phi) is 4.64. The van der Waals surface area contributed by atoms with Gasteiger partial charge in [0.2, 0.25) is 5.91 Å². The molecular weight excluding hydrogens is 364 g/mol. The number of hydrogen-bond donors (Lipinski definition) is 2. The summed E-state index contributed by atoms with van der Waals surface area (Å²) < 4.78 is 7.12. The highest BCUT2D eigenvalue weighted by molar-refractivity contribution is 7.09. The van der Waals surface area contributed by atoms with Crippen LogP contribution in [0.25, 0.3) is 0 Å². The first kappa shape index (κ1) is 17.3. The van der Waals surface area contributed by atoms with Crippen LogP contribution in [0.1, 0.15) is 28.3 Å². The predicted molar refractivity (Wildman–Crippen MR) is 102 cm³/mol. The third kappa shape index (κ3) is 3.70. The lowest BCUT2D eigenvalue weighted by Crippen LogP contribution is -2.25. The smallest absolute Gasteiger partial charge is 0.255 e. The van der Waals surface area contributed by atoms with Crippen LogP contribution in [0.2, 0.25) is 0 Å². The number of rotatable bonds is 6. The summed E-state index contributed by atoms with van der Waals surface area (Å²) in [5, 5.41) is 9.46. The van der Waals surface area contributed by atoms with Gasteiger partial charge in [0.1, 0.15) is 11.6 Å². The molecule has 2 aromatic heterocycles. The van der Waals surface area contributed by atoms with Crippen LogP contribution in [0.15, 0.2) is 48.0 Å². The zero-order valence-electron chi connectivity index (χ0n) is 14.4. The SMILES string of the molecule is NC(=O)COc1ccc(C2CC(=O)Nc3c2cnn3Cc2cccs2)cc1. The van der Waals surface area contributed by atoms with Crippen LogP contribution in [0, 0.1) is 0 Å². The number of carbonyl (C=O) groups excluding carboxylic acids is 2. The Balaban J connectivity index is 1.59. The maximum absolute atomic E-state index is 12.3. The number of aromatic nitrogens is 2. The average molecular weight is 382 g/mol. The lowest BCUT2D eigenvalue weighted by Gasteiger charge is -2.24. The summed E-state index contributed by atoms with van der Waals surface area (Å²) in [6.45, 7) is 0.463. The molecular formula is C19H18N4O3S. The van der Waals surface area contributed by atoms with Crippen LogP contribution in [0.4, 0.5) is 5.82 Å². The molecule has 2 amide bonds. The molecule has 1 unspecified atom stereocenters. The summed E-state index contributed by atoms with van der Waals surface area (Å²) in [5.41, 5.74) is 7.08. The fourth-order valence-corrected chi connectivity index (χ4v) is 3.87. The van der Waals surface area contributed by atoms with Gasteiger partial charge in [-0.2, -0.15) is 5.10 Å². The molecule has 0 fully saturated rings. The van der Waals surface area contributed by atoms with Gasteiger partial charge in [-0.15, -0.1) is 11.3 Å². The van der Waals surface area contributed by atoms with E-state index >= 15 is 0 Å². The number of hydrogen-bond acceptors (Lipinski definition) is 5. The third-order valence-corrected chi connectivity index (χ3v) is 5.30. The van der Waals surface area contributed by atoms with E-state index in [0.717, 1.165) is 16.9 Å². The standard InChI is InChI=1S/C19H18N4O3S/c20-17(24)11-26-13-5-3-12(4-6-13)15-8-18(25)22-19-16(15)9-21-23(19)10-14-2-1-7-27-14/h1-7,9,15H,8,10-11H2,(H2,20,24)(H,22,25). The Labute approximate surface area is 159 Å². The molecule has 3 aromatic rings. The first-order valence-electron chi connectivity index (χ1n) is 8.49. The molecule has 1 aromatic carbocycles. The molecule has 27 heavy (non-hydrogen) atoms. The summed E-state index contributed by atoms with van der Waals surface area (Å²) >= 11 is 1.66. The molecule has 0 spiro atoms. The molecule has 3 heterocycles. The minimum Gasteiger partial charge on any atom is -0.484 e. The fraction of sp³-hybridized carbons (Fsp3) is 0.211. The van der Waals surface area contributed by atoms with Gasteiger partial charge < -0.3 is 15.8 Å². The van der Waals surface area contributed by atoms with Crippen molar-refractivity contribution < 1.29 is 14.3 Å². The number of thiophene rings is 1. The van der Waals surface area contributed by atoms with Gasteiger partial charge in [-0.25, -0.2) is 4.68 Å². The zero-order valence-corrected chi connectivity index (χ0v) is 15.2. The molecule has 0 aliphatic carbocycles. The van der Waals surface area contributed by atoms with Crippen LogP contribution in [0.5, 0.6) is 5.75 Å². The molecule has 0 radical (unpaired) electrons. The van der Waals surface area contributed by atoms with Crippen molar-refractivity contribution in [3.05, 3.63) is 64.0 Å². The molecule has 0 saturated heterocycles. The Morgan fingerprint density at radius 3 is 2.85 bits per heavy atom. The van der Waals surface area contributed by atoms with Crippen LogP contribution in [0.3, 0.4) is 0 Å². The first-order valence-corrected chi connectivity index (χ1v) is 9.37. The summed E-state index contributed by atoms with van der Waals surface area (Å²) in [4.78, 5) is 24.3. The van der Waals surface area contributed by atoms with Gasteiger partial charge in [0.15, 0.2) is 6.61 Å². The van der Waals surface area contributed by atoms with Crippen molar-refractivity contribution in [1.82, 2.24) is 9.78 Å². The Hall–Kier alpha value is -3.13. The van der Waals surface area contributed by atoms with E-state index in [1.807, 2.05) is 40.5 Å². The van der Waals surface area contributed by atoms with Gasteiger partial charge in [0.25, 0.3) is 5.91 Å². The molecule has 0 saturated carbocycles. The second-order valence-electron chi connectivity index (χ2n) is 6.31. The van der Waals surface area contributed by atoms with Crippen LogP contribution in [-0.4, -0.2) is 28.2 Å². The molecule has 138 valence electrons. The number of nitrogens with one attached hydrogen (secondary N) is 1. The van der Waals surface area contributed by atoms with Gasteiger partial charge >= 0.3 is 0 Å². The minimum atomic E-state index is -0.522. The average Bonchev–Trinajstić information content (AvgIpc) is 3.31.